The first-order valence-electron chi connectivity index (χ1n) is 10.5. The van der Waals surface area contributed by atoms with Crippen LogP contribution in [-0.4, -0.2) is 19.9 Å². The third-order valence-corrected chi connectivity index (χ3v) is 7.88. The normalized spacial score (nSPS) is 18.0. The highest BCUT2D eigenvalue weighted by molar-refractivity contribution is 7.11. The van der Waals surface area contributed by atoms with Crippen molar-refractivity contribution in [1.82, 2.24) is 14.8 Å². The number of aromatic nitrogens is 3. The molecule has 1 unspecified atom stereocenters. The maximum Gasteiger partial charge on any atom is 0.124 e. The Bertz CT molecular complexity index is 1050. The van der Waals surface area contributed by atoms with E-state index in [9.17, 15) is 5.11 Å². The highest BCUT2D eigenvalue weighted by Crippen LogP contribution is 2.38. The molecule has 1 aromatic carbocycles. The Morgan fingerprint density at radius 1 is 1.07 bits per heavy atom. The van der Waals surface area contributed by atoms with Gasteiger partial charge >= 0.3 is 0 Å². The Labute approximate surface area is 175 Å². The van der Waals surface area contributed by atoms with Gasteiger partial charge in [0, 0.05) is 12.4 Å². The lowest BCUT2D eigenvalue weighted by molar-refractivity contribution is 0.0783. The zero-order valence-electron chi connectivity index (χ0n) is 17.3. The molecule has 0 aliphatic heterocycles. The summed E-state index contributed by atoms with van der Waals surface area (Å²) in [4.78, 5) is 5.30. The van der Waals surface area contributed by atoms with Crippen molar-refractivity contribution >= 4 is 11.3 Å². The Morgan fingerprint density at radius 2 is 1.72 bits per heavy atom. The van der Waals surface area contributed by atoms with Crippen molar-refractivity contribution in [3.05, 3.63) is 62.4 Å². The molecule has 2 aliphatic carbocycles. The number of hydrogen-bond donors (Lipinski definition) is 2. The van der Waals surface area contributed by atoms with Gasteiger partial charge in [-0.25, -0.2) is 9.67 Å². The number of fused-ring (bicyclic) bond motifs is 2. The molecular weight excluding hydrogens is 380 g/mol. The molecule has 0 amide bonds. The summed E-state index contributed by atoms with van der Waals surface area (Å²) in [6.07, 6.45) is 10.9. The molecule has 2 aliphatic rings. The highest BCUT2D eigenvalue weighted by Gasteiger charge is 2.32. The molecule has 0 spiro atoms. The molecular formula is C23H28N4OS. The number of aryl methyl sites for hydroxylation is 2. The van der Waals surface area contributed by atoms with Crippen LogP contribution in [0.15, 0.2) is 24.5 Å². The number of rotatable bonds is 4. The van der Waals surface area contributed by atoms with Crippen molar-refractivity contribution in [2.45, 2.75) is 70.4 Å². The van der Waals surface area contributed by atoms with Gasteiger partial charge in [-0.1, -0.05) is 6.07 Å². The smallest absolute Gasteiger partial charge is 0.124 e. The van der Waals surface area contributed by atoms with Crippen LogP contribution in [0.3, 0.4) is 0 Å². The Morgan fingerprint density at radius 3 is 2.31 bits per heavy atom. The zero-order valence-corrected chi connectivity index (χ0v) is 18.1. The van der Waals surface area contributed by atoms with Gasteiger partial charge < -0.3 is 10.8 Å². The van der Waals surface area contributed by atoms with Crippen molar-refractivity contribution in [1.29, 1.82) is 0 Å². The molecule has 0 bridgehead atoms. The van der Waals surface area contributed by atoms with E-state index in [1.165, 1.54) is 65.0 Å². The minimum atomic E-state index is -0.969. The lowest BCUT2D eigenvalue weighted by atomic mass is 9.98. The Hall–Kier alpha value is -2.02. The molecule has 2 heterocycles. The van der Waals surface area contributed by atoms with Crippen LogP contribution in [0.4, 0.5) is 0 Å². The van der Waals surface area contributed by atoms with Gasteiger partial charge in [0.2, 0.25) is 0 Å². The van der Waals surface area contributed by atoms with Crippen LogP contribution in [0, 0.1) is 0 Å². The number of aliphatic hydroxyl groups is 1. The van der Waals surface area contributed by atoms with E-state index in [2.05, 4.69) is 21.9 Å². The van der Waals surface area contributed by atoms with Gasteiger partial charge in [0.25, 0.3) is 0 Å². The molecule has 2 aromatic heterocycles. The van der Waals surface area contributed by atoms with Crippen LogP contribution in [0.5, 0.6) is 0 Å². The van der Waals surface area contributed by atoms with E-state index in [-0.39, 0.29) is 0 Å². The summed E-state index contributed by atoms with van der Waals surface area (Å²) in [7, 11) is 0. The number of benzene rings is 1. The molecule has 0 saturated heterocycles. The first-order valence-corrected chi connectivity index (χ1v) is 11.3. The lowest BCUT2D eigenvalue weighted by Crippen LogP contribution is -2.34. The molecule has 3 aromatic rings. The number of hydrogen-bond acceptors (Lipinski definition) is 5. The van der Waals surface area contributed by atoms with Gasteiger partial charge in [0.05, 0.1) is 21.8 Å². The minimum Gasteiger partial charge on any atom is -0.383 e. The Balaban J connectivity index is 1.56. The summed E-state index contributed by atoms with van der Waals surface area (Å²) in [5.74, 6) is 0. The largest absolute Gasteiger partial charge is 0.383 e. The van der Waals surface area contributed by atoms with Gasteiger partial charge in [-0.05, 0) is 87.6 Å². The van der Waals surface area contributed by atoms with Gasteiger partial charge in [0.1, 0.15) is 10.6 Å². The molecule has 1 atom stereocenters. The van der Waals surface area contributed by atoms with Crippen LogP contribution in [0.2, 0.25) is 0 Å². The maximum atomic E-state index is 10.3. The van der Waals surface area contributed by atoms with E-state index < -0.39 is 11.1 Å². The summed E-state index contributed by atoms with van der Waals surface area (Å²) >= 11 is 1.45. The molecule has 152 valence electrons. The SMILES string of the molecule is CC(C)(O)c1ncc(C(C)(N)c2ccn(-c3c4c(cc5c3CCC5)CCC4)n2)s1. The summed E-state index contributed by atoms with van der Waals surface area (Å²) in [5.41, 5.74) is 13.1. The van der Waals surface area contributed by atoms with Crippen LogP contribution >= 0.6 is 11.3 Å². The van der Waals surface area contributed by atoms with Crippen molar-refractivity contribution in [3.8, 4) is 5.69 Å². The highest BCUT2D eigenvalue weighted by atomic mass is 32.1. The molecule has 29 heavy (non-hydrogen) atoms. The molecule has 5 rings (SSSR count). The van der Waals surface area contributed by atoms with Gasteiger partial charge in [0.15, 0.2) is 0 Å². The Kier molecular flexibility index (Phi) is 4.25. The van der Waals surface area contributed by atoms with Gasteiger partial charge in [-0.15, -0.1) is 11.3 Å². The predicted molar refractivity (Wildman–Crippen MR) is 116 cm³/mol. The summed E-state index contributed by atoms with van der Waals surface area (Å²) in [6, 6.07) is 4.47. The molecule has 6 heteroatoms. The second kappa shape index (κ2) is 6.49. The van der Waals surface area contributed by atoms with Gasteiger partial charge in [-0.3, -0.25) is 0 Å². The predicted octanol–water partition coefficient (Wildman–Crippen LogP) is 3.76. The first-order chi connectivity index (χ1) is 13.7. The molecule has 0 radical (unpaired) electrons. The van der Waals surface area contributed by atoms with E-state index in [1.807, 2.05) is 13.0 Å². The standard InChI is InChI=1S/C23H28N4OS/c1-22(2,28)21-25-13-19(29-21)23(3,24)18-10-11-27(26-18)20-16-8-4-6-14(16)12-15-7-5-9-17(15)20/h10-13,28H,4-9,24H2,1-3H3. The molecule has 5 nitrogen and oxygen atoms in total. The van der Waals surface area contributed by atoms with E-state index in [0.29, 0.717) is 5.01 Å². The summed E-state index contributed by atoms with van der Waals surface area (Å²) in [5, 5.41) is 15.9. The third kappa shape index (κ3) is 3.05. The number of thiazole rings is 1. The number of nitrogens with zero attached hydrogens (tertiary/aromatic N) is 3. The summed E-state index contributed by atoms with van der Waals surface area (Å²) < 4.78 is 2.06. The average Bonchev–Trinajstić information content (AvgIpc) is 3.45. The van der Waals surface area contributed by atoms with Crippen LogP contribution in [-0.2, 0) is 36.8 Å². The van der Waals surface area contributed by atoms with E-state index >= 15 is 0 Å². The zero-order chi connectivity index (χ0) is 20.4. The summed E-state index contributed by atoms with van der Waals surface area (Å²) in [6.45, 7) is 5.46. The monoisotopic (exact) mass is 408 g/mol. The molecule has 3 N–H and O–H groups in total. The fourth-order valence-corrected chi connectivity index (χ4v) is 5.70. The fraction of sp³-hybridized carbons (Fsp3) is 0.478. The van der Waals surface area contributed by atoms with Crippen molar-refractivity contribution in [2.75, 3.05) is 0 Å². The van der Waals surface area contributed by atoms with Crippen LogP contribution < -0.4 is 5.73 Å². The van der Waals surface area contributed by atoms with Crippen molar-refractivity contribution in [2.24, 2.45) is 5.73 Å². The lowest BCUT2D eigenvalue weighted by Gasteiger charge is -2.21. The van der Waals surface area contributed by atoms with E-state index in [1.54, 1.807) is 20.0 Å². The van der Waals surface area contributed by atoms with Crippen LogP contribution in [0.1, 0.15) is 71.4 Å². The quantitative estimate of drug-likeness (QED) is 0.689. The average molecular weight is 409 g/mol. The van der Waals surface area contributed by atoms with Crippen LogP contribution in [0.25, 0.3) is 5.69 Å². The topological polar surface area (TPSA) is 77.0 Å². The molecule has 0 fully saturated rings. The second-order valence-electron chi connectivity index (χ2n) is 9.14. The second-order valence-corrected chi connectivity index (χ2v) is 10.2. The number of nitrogens with two attached hydrogens (primary N) is 1. The fourth-order valence-electron chi connectivity index (χ4n) is 4.71. The first kappa shape index (κ1) is 19.0. The van der Waals surface area contributed by atoms with E-state index in [0.717, 1.165) is 23.4 Å². The van der Waals surface area contributed by atoms with Crippen molar-refractivity contribution < 1.29 is 5.11 Å². The van der Waals surface area contributed by atoms with Gasteiger partial charge in [-0.2, -0.15) is 5.10 Å². The minimum absolute atomic E-state index is 0.669. The van der Waals surface area contributed by atoms with E-state index in [4.69, 9.17) is 10.8 Å². The maximum absolute atomic E-state index is 10.3. The third-order valence-electron chi connectivity index (χ3n) is 6.33. The molecule has 0 saturated carbocycles. The van der Waals surface area contributed by atoms with Crippen molar-refractivity contribution in [3.63, 3.8) is 0 Å².